The lowest BCUT2D eigenvalue weighted by Gasteiger charge is -2.25. The third-order valence-corrected chi connectivity index (χ3v) is 7.15. The van der Waals surface area contributed by atoms with Gasteiger partial charge in [-0.3, -0.25) is 0 Å². The molecule has 0 unspecified atom stereocenters. The third-order valence-electron chi connectivity index (χ3n) is 7.15. The van der Waals surface area contributed by atoms with E-state index in [-0.39, 0.29) is 0 Å². The summed E-state index contributed by atoms with van der Waals surface area (Å²) in [6.45, 7) is 4.14. The van der Waals surface area contributed by atoms with Crippen molar-refractivity contribution in [2.45, 2.75) is 19.9 Å². The second-order valence-electron chi connectivity index (χ2n) is 9.38. The zero-order valence-electron chi connectivity index (χ0n) is 19.7. The fourth-order valence-corrected chi connectivity index (χ4v) is 5.33. The maximum atomic E-state index is 10.00. The van der Waals surface area contributed by atoms with E-state index in [0.29, 0.717) is 5.56 Å². The van der Waals surface area contributed by atoms with Gasteiger partial charge in [-0.05, 0) is 60.8 Å². The van der Waals surface area contributed by atoms with Crippen LogP contribution in [0, 0.1) is 18.3 Å². The quantitative estimate of drug-likeness (QED) is 0.318. The van der Waals surface area contributed by atoms with Gasteiger partial charge in [-0.2, -0.15) is 5.26 Å². The van der Waals surface area contributed by atoms with Crippen molar-refractivity contribution in [2.24, 2.45) is 7.05 Å². The van der Waals surface area contributed by atoms with Gasteiger partial charge < -0.3 is 9.32 Å². The number of nitriles is 1. The van der Waals surface area contributed by atoms with Crippen molar-refractivity contribution in [2.75, 3.05) is 13.6 Å². The summed E-state index contributed by atoms with van der Waals surface area (Å²) in [6, 6.07) is 23.5. The fraction of sp³-hybridized carbons (Fsp3) is 0.200. The second kappa shape index (κ2) is 7.83. The van der Waals surface area contributed by atoms with Gasteiger partial charge in [0.2, 0.25) is 5.69 Å². The van der Waals surface area contributed by atoms with Crippen molar-refractivity contribution in [3.63, 3.8) is 0 Å². The lowest BCUT2D eigenvalue weighted by Crippen LogP contribution is -2.30. The number of fused-ring (bicyclic) bond motifs is 4. The van der Waals surface area contributed by atoms with Crippen molar-refractivity contribution >= 4 is 21.9 Å². The molecule has 0 aliphatic carbocycles. The Morgan fingerprint density at radius 2 is 1.74 bits per heavy atom. The molecule has 34 heavy (non-hydrogen) atoms. The molecule has 0 saturated heterocycles. The van der Waals surface area contributed by atoms with Crippen molar-refractivity contribution in [1.82, 2.24) is 4.90 Å². The van der Waals surface area contributed by atoms with E-state index in [4.69, 9.17) is 4.42 Å². The first-order chi connectivity index (χ1) is 16.5. The van der Waals surface area contributed by atoms with E-state index in [2.05, 4.69) is 85.2 Å². The molecule has 3 heterocycles. The van der Waals surface area contributed by atoms with Crippen LogP contribution in [0.25, 0.3) is 44.3 Å². The Balaban J connectivity index is 1.66. The highest BCUT2D eigenvalue weighted by atomic mass is 16.3. The maximum absolute atomic E-state index is 10.00. The minimum absolute atomic E-state index is 0.642. The maximum Gasteiger partial charge on any atom is 0.216 e. The summed E-state index contributed by atoms with van der Waals surface area (Å²) in [5.41, 5.74) is 10.3. The SMILES string of the molecule is Cc1ccc2c(oc3c(-c4ccc5c(c4)CCN(C)C5)c(C#N)ccc32)c1-c1cccc[n+]1C. The number of furan rings is 1. The van der Waals surface area contributed by atoms with E-state index in [1.807, 2.05) is 18.2 Å². The highest BCUT2D eigenvalue weighted by molar-refractivity contribution is 6.14. The molecule has 0 saturated carbocycles. The van der Waals surface area contributed by atoms with Crippen LogP contribution in [0.5, 0.6) is 0 Å². The largest absolute Gasteiger partial charge is 0.454 e. The van der Waals surface area contributed by atoms with Crippen molar-refractivity contribution in [1.29, 1.82) is 5.26 Å². The number of hydrogen-bond donors (Lipinski definition) is 0. The number of nitrogens with zero attached hydrogens (tertiary/aromatic N) is 3. The predicted octanol–water partition coefficient (Wildman–Crippen LogP) is 5.91. The second-order valence-corrected chi connectivity index (χ2v) is 9.38. The highest BCUT2D eigenvalue weighted by Gasteiger charge is 2.23. The van der Waals surface area contributed by atoms with Crippen LogP contribution in [0.3, 0.4) is 0 Å². The highest BCUT2D eigenvalue weighted by Crippen LogP contribution is 2.42. The molecular weight excluding hydrogens is 418 g/mol. The summed E-state index contributed by atoms with van der Waals surface area (Å²) in [7, 11) is 4.21. The molecule has 0 fully saturated rings. The summed E-state index contributed by atoms with van der Waals surface area (Å²) < 4.78 is 8.81. The van der Waals surface area contributed by atoms with Crippen LogP contribution in [0.4, 0.5) is 0 Å². The van der Waals surface area contributed by atoms with Crippen LogP contribution >= 0.6 is 0 Å². The molecule has 3 aromatic carbocycles. The molecule has 0 radical (unpaired) electrons. The Hall–Kier alpha value is -3.94. The molecule has 0 atom stereocenters. The number of likely N-dealkylation sites (N-methyl/N-ethyl adjacent to an activating group) is 1. The van der Waals surface area contributed by atoms with Crippen LogP contribution in [-0.2, 0) is 20.0 Å². The Labute approximate surface area is 199 Å². The van der Waals surface area contributed by atoms with Crippen LogP contribution < -0.4 is 4.57 Å². The third kappa shape index (κ3) is 3.13. The molecule has 1 aliphatic heterocycles. The summed E-state index contributed by atoms with van der Waals surface area (Å²) in [5, 5.41) is 12.1. The van der Waals surface area contributed by atoms with Gasteiger partial charge in [-0.25, -0.2) is 4.57 Å². The number of pyridine rings is 1. The minimum Gasteiger partial charge on any atom is -0.454 e. The van der Waals surface area contributed by atoms with Crippen LogP contribution in [-0.4, -0.2) is 18.5 Å². The lowest BCUT2D eigenvalue weighted by atomic mass is 9.91. The summed E-state index contributed by atoms with van der Waals surface area (Å²) in [4.78, 5) is 2.34. The van der Waals surface area contributed by atoms with Gasteiger partial charge in [-0.15, -0.1) is 0 Å². The summed E-state index contributed by atoms with van der Waals surface area (Å²) >= 11 is 0. The van der Waals surface area contributed by atoms with Crippen LogP contribution in [0.1, 0.15) is 22.3 Å². The molecular formula is C30H26N3O+. The molecule has 0 amide bonds. The number of aryl methyl sites for hydroxylation is 2. The van der Waals surface area contributed by atoms with Crippen LogP contribution in [0.15, 0.2) is 71.3 Å². The molecule has 0 N–H and O–H groups in total. The Bertz CT molecular complexity index is 1640. The van der Waals surface area contributed by atoms with E-state index in [9.17, 15) is 5.26 Å². The lowest BCUT2D eigenvalue weighted by molar-refractivity contribution is -0.660. The normalized spacial score (nSPS) is 13.8. The smallest absolute Gasteiger partial charge is 0.216 e. The van der Waals surface area contributed by atoms with Gasteiger partial charge in [-0.1, -0.05) is 30.3 Å². The predicted molar refractivity (Wildman–Crippen MR) is 135 cm³/mol. The Morgan fingerprint density at radius 1 is 0.941 bits per heavy atom. The first-order valence-electron chi connectivity index (χ1n) is 11.7. The molecule has 0 spiro atoms. The topological polar surface area (TPSA) is 44.1 Å². The average molecular weight is 445 g/mol. The molecule has 4 nitrogen and oxygen atoms in total. The monoisotopic (exact) mass is 444 g/mol. The molecule has 6 rings (SSSR count). The number of rotatable bonds is 2. The molecule has 166 valence electrons. The summed E-state index contributed by atoms with van der Waals surface area (Å²) in [6.07, 6.45) is 3.07. The zero-order valence-corrected chi connectivity index (χ0v) is 19.7. The molecule has 4 heteroatoms. The number of benzene rings is 3. The van der Waals surface area contributed by atoms with Gasteiger partial charge in [0.25, 0.3) is 0 Å². The zero-order chi connectivity index (χ0) is 23.4. The molecule has 0 bridgehead atoms. The minimum atomic E-state index is 0.642. The number of aromatic nitrogens is 1. The molecule has 2 aromatic heterocycles. The van der Waals surface area contributed by atoms with Gasteiger partial charge in [0.15, 0.2) is 6.20 Å². The van der Waals surface area contributed by atoms with E-state index in [1.54, 1.807) is 0 Å². The Kier molecular flexibility index (Phi) is 4.76. The van der Waals surface area contributed by atoms with Gasteiger partial charge in [0, 0.05) is 41.6 Å². The summed E-state index contributed by atoms with van der Waals surface area (Å²) in [5.74, 6) is 0. The standard InChI is InChI=1S/C30H26N3O/c1-19-7-11-24-25-12-10-22(17-31)28(21-8-9-23-18-32(2)15-13-20(23)16-21)30(25)34-29(24)27(19)26-6-4-5-14-33(26)3/h4-12,14,16H,13,15,18H2,1-3H3/q+1. The Morgan fingerprint density at radius 3 is 2.53 bits per heavy atom. The fourth-order valence-electron chi connectivity index (χ4n) is 5.33. The van der Waals surface area contributed by atoms with Gasteiger partial charge >= 0.3 is 0 Å². The van der Waals surface area contributed by atoms with Crippen LogP contribution in [0.2, 0.25) is 0 Å². The first-order valence-corrected chi connectivity index (χ1v) is 11.7. The van der Waals surface area contributed by atoms with E-state index >= 15 is 0 Å². The average Bonchev–Trinajstić information content (AvgIpc) is 3.22. The number of hydrogen-bond acceptors (Lipinski definition) is 3. The van der Waals surface area contributed by atoms with E-state index < -0.39 is 0 Å². The van der Waals surface area contributed by atoms with Crippen molar-refractivity contribution < 1.29 is 8.98 Å². The van der Waals surface area contributed by atoms with Gasteiger partial charge in [0.1, 0.15) is 18.2 Å². The van der Waals surface area contributed by atoms with E-state index in [1.165, 1.54) is 11.1 Å². The van der Waals surface area contributed by atoms with Gasteiger partial charge in [0.05, 0.1) is 17.2 Å². The van der Waals surface area contributed by atoms with E-state index in [0.717, 1.165) is 69.4 Å². The van der Waals surface area contributed by atoms with Crippen molar-refractivity contribution in [3.05, 3.63) is 89.1 Å². The molecule has 5 aromatic rings. The first kappa shape index (κ1) is 20.7. The molecule has 1 aliphatic rings. The van der Waals surface area contributed by atoms with Crippen molar-refractivity contribution in [3.8, 4) is 28.5 Å².